The highest BCUT2D eigenvalue weighted by atomic mass is 32.2. The molecule has 2 unspecified atom stereocenters. The van der Waals surface area contributed by atoms with E-state index in [1.54, 1.807) is 6.26 Å². The fraction of sp³-hybridized carbons (Fsp3) is 0.667. The normalized spacial score (nSPS) is 25.9. The summed E-state index contributed by atoms with van der Waals surface area (Å²) in [5.41, 5.74) is 0. The number of thioether (sulfide) groups is 1. The molecule has 3 heteroatoms. The summed E-state index contributed by atoms with van der Waals surface area (Å²) in [4.78, 5) is 0. The Morgan fingerprint density at radius 2 is 2.47 bits per heavy atom. The quantitative estimate of drug-likeness (QED) is 0.833. The lowest BCUT2D eigenvalue weighted by molar-refractivity contribution is 0.390. The van der Waals surface area contributed by atoms with E-state index in [4.69, 9.17) is 4.42 Å². The van der Waals surface area contributed by atoms with E-state index in [1.807, 2.05) is 6.07 Å². The largest absolute Gasteiger partial charge is 0.469 e. The highest BCUT2D eigenvalue weighted by molar-refractivity contribution is 7.99. The lowest BCUT2D eigenvalue weighted by Gasteiger charge is -2.18. The molecule has 1 aromatic rings. The minimum absolute atomic E-state index is 0.681. The van der Waals surface area contributed by atoms with Crippen LogP contribution in [0.5, 0.6) is 0 Å². The summed E-state index contributed by atoms with van der Waals surface area (Å²) < 4.78 is 5.41. The number of hydrogen-bond acceptors (Lipinski definition) is 3. The Morgan fingerprint density at radius 1 is 1.53 bits per heavy atom. The van der Waals surface area contributed by atoms with Crippen molar-refractivity contribution in [3.8, 4) is 0 Å². The molecule has 1 N–H and O–H groups in total. The van der Waals surface area contributed by atoms with Gasteiger partial charge in [0.25, 0.3) is 0 Å². The summed E-state index contributed by atoms with van der Waals surface area (Å²) >= 11 is 2.06. The maximum atomic E-state index is 5.41. The molecule has 0 saturated carbocycles. The lowest BCUT2D eigenvalue weighted by Crippen LogP contribution is -2.36. The summed E-state index contributed by atoms with van der Waals surface area (Å²) in [6, 6.07) is 4.74. The number of furan rings is 1. The van der Waals surface area contributed by atoms with Gasteiger partial charge in [-0.15, -0.1) is 0 Å². The van der Waals surface area contributed by atoms with Crippen LogP contribution in [-0.4, -0.2) is 24.1 Å². The molecule has 1 aliphatic rings. The summed E-state index contributed by atoms with van der Waals surface area (Å²) in [5.74, 6) is 4.39. The predicted molar refractivity (Wildman–Crippen MR) is 65.3 cm³/mol. The second kappa shape index (κ2) is 5.61. The Bertz CT molecular complexity index is 273. The van der Waals surface area contributed by atoms with Gasteiger partial charge in [0.15, 0.2) is 0 Å². The summed E-state index contributed by atoms with van der Waals surface area (Å²) in [6.07, 6.45) is 4.07. The number of rotatable bonds is 5. The minimum Gasteiger partial charge on any atom is -0.469 e. The molecule has 2 atom stereocenters. The lowest BCUT2D eigenvalue weighted by atomic mass is 9.98. The van der Waals surface area contributed by atoms with Crippen LogP contribution in [0.1, 0.15) is 19.1 Å². The van der Waals surface area contributed by atoms with E-state index in [0.29, 0.717) is 6.04 Å². The first kappa shape index (κ1) is 11.1. The van der Waals surface area contributed by atoms with Gasteiger partial charge in [0.05, 0.1) is 6.26 Å². The molecule has 1 aromatic heterocycles. The standard InChI is InChI=1S/C12H19NOS/c1-2-5-13-12-9-15-8-10(12)7-11-4-3-6-14-11/h3-4,6,10,12-13H,2,5,7-9H2,1H3. The van der Waals surface area contributed by atoms with Crippen molar-refractivity contribution >= 4 is 11.8 Å². The van der Waals surface area contributed by atoms with Crippen molar-refractivity contribution in [1.82, 2.24) is 5.32 Å². The smallest absolute Gasteiger partial charge is 0.104 e. The Hall–Kier alpha value is -0.410. The molecule has 1 saturated heterocycles. The van der Waals surface area contributed by atoms with Gasteiger partial charge in [-0.2, -0.15) is 11.8 Å². The van der Waals surface area contributed by atoms with Gasteiger partial charge in [-0.05, 0) is 36.8 Å². The molecular weight excluding hydrogens is 206 g/mol. The summed E-state index contributed by atoms with van der Waals surface area (Å²) in [6.45, 7) is 3.36. The third-order valence-corrected chi connectivity index (χ3v) is 4.16. The third kappa shape index (κ3) is 3.02. The van der Waals surface area contributed by atoms with E-state index in [2.05, 4.69) is 30.1 Å². The van der Waals surface area contributed by atoms with Crippen LogP contribution in [0.25, 0.3) is 0 Å². The van der Waals surface area contributed by atoms with Crippen molar-refractivity contribution in [2.75, 3.05) is 18.1 Å². The first-order valence-electron chi connectivity index (χ1n) is 5.73. The maximum Gasteiger partial charge on any atom is 0.104 e. The molecule has 1 fully saturated rings. The molecule has 2 nitrogen and oxygen atoms in total. The van der Waals surface area contributed by atoms with Crippen molar-refractivity contribution in [3.05, 3.63) is 24.2 Å². The van der Waals surface area contributed by atoms with Gasteiger partial charge in [-0.1, -0.05) is 6.92 Å². The maximum absolute atomic E-state index is 5.41. The SMILES string of the molecule is CCCNC1CSCC1Cc1ccco1. The van der Waals surface area contributed by atoms with E-state index >= 15 is 0 Å². The molecule has 0 aromatic carbocycles. The fourth-order valence-corrected chi connectivity index (χ4v) is 3.48. The second-order valence-electron chi connectivity index (χ2n) is 4.14. The van der Waals surface area contributed by atoms with Crippen molar-refractivity contribution in [3.63, 3.8) is 0 Å². The van der Waals surface area contributed by atoms with Gasteiger partial charge in [-0.3, -0.25) is 0 Å². The van der Waals surface area contributed by atoms with Crippen LogP contribution in [0.3, 0.4) is 0 Å². The Labute approximate surface area is 95.8 Å². The molecule has 2 heterocycles. The number of hydrogen-bond donors (Lipinski definition) is 1. The van der Waals surface area contributed by atoms with Crippen LogP contribution in [0.15, 0.2) is 22.8 Å². The molecule has 0 spiro atoms. The average molecular weight is 225 g/mol. The van der Waals surface area contributed by atoms with Crippen LogP contribution in [0, 0.1) is 5.92 Å². The first-order valence-corrected chi connectivity index (χ1v) is 6.89. The monoisotopic (exact) mass is 225 g/mol. The fourth-order valence-electron chi connectivity index (χ4n) is 2.04. The van der Waals surface area contributed by atoms with Crippen LogP contribution in [0.4, 0.5) is 0 Å². The Morgan fingerprint density at radius 3 is 3.20 bits per heavy atom. The van der Waals surface area contributed by atoms with Crippen LogP contribution >= 0.6 is 11.8 Å². The molecule has 2 rings (SSSR count). The van der Waals surface area contributed by atoms with Gasteiger partial charge >= 0.3 is 0 Å². The van der Waals surface area contributed by atoms with E-state index in [-0.39, 0.29) is 0 Å². The highest BCUT2D eigenvalue weighted by Gasteiger charge is 2.27. The molecule has 15 heavy (non-hydrogen) atoms. The topological polar surface area (TPSA) is 25.2 Å². The van der Waals surface area contributed by atoms with Crippen molar-refractivity contribution < 1.29 is 4.42 Å². The van der Waals surface area contributed by atoms with Gasteiger partial charge in [0.1, 0.15) is 5.76 Å². The van der Waals surface area contributed by atoms with Crippen LogP contribution in [0.2, 0.25) is 0 Å². The molecule has 0 amide bonds. The van der Waals surface area contributed by atoms with Crippen molar-refractivity contribution in [2.24, 2.45) is 5.92 Å². The van der Waals surface area contributed by atoms with Gasteiger partial charge in [-0.25, -0.2) is 0 Å². The zero-order valence-electron chi connectivity index (χ0n) is 9.24. The predicted octanol–water partition coefficient (Wildman–Crippen LogP) is 2.55. The van der Waals surface area contributed by atoms with Gasteiger partial charge < -0.3 is 9.73 Å². The molecule has 0 aliphatic carbocycles. The molecule has 0 radical (unpaired) electrons. The summed E-state index contributed by atoms with van der Waals surface area (Å²) in [5, 5.41) is 3.63. The second-order valence-corrected chi connectivity index (χ2v) is 5.22. The zero-order valence-corrected chi connectivity index (χ0v) is 10.1. The van der Waals surface area contributed by atoms with E-state index < -0.39 is 0 Å². The van der Waals surface area contributed by atoms with Gasteiger partial charge in [0.2, 0.25) is 0 Å². The zero-order chi connectivity index (χ0) is 10.5. The minimum atomic E-state index is 0.681. The Kier molecular flexibility index (Phi) is 4.15. The van der Waals surface area contributed by atoms with E-state index in [9.17, 15) is 0 Å². The highest BCUT2D eigenvalue weighted by Crippen LogP contribution is 2.27. The van der Waals surface area contributed by atoms with Crippen LogP contribution < -0.4 is 5.32 Å². The van der Waals surface area contributed by atoms with E-state index in [0.717, 1.165) is 24.6 Å². The molecule has 84 valence electrons. The molecule has 1 aliphatic heterocycles. The van der Waals surface area contributed by atoms with Crippen LogP contribution in [-0.2, 0) is 6.42 Å². The summed E-state index contributed by atoms with van der Waals surface area (Å²) in [7, 11) is 0. The molecule has 0 bridgehead atoms. The Balaban J connectivity index is 1.85. The third-order valence-electron chi connectivity index (χ3n) is 2.90. The molecular formula is C12H19NOS. The van der Waals surface area contributed by atoms with Crippen molar-refractivity contribution in [2.45, 2.75) is 25.8 Å². The van der Waals surface area contributed by atoms with E-state index in [1.165, 1.54) is 17.9 Å². The average Bonchev–Trinajstić information content (AvgIpc) is 2.87. The van der Waals surface area contributed by atoms with Gasteiger partial charge in [0, 0.05) is 18.2 Å². The number of nitrogens with one attached hydrogen (secondary N) is 1. The first-order chi connectivity index (χ1) is 7.40. The van der Waals surface area contributed by atoms with Crippen molar-refractivity contribution in [1.29, 1.82) is 0 Å².